The Morgan fingerprint density at radius 3 is 2.38 bits per heavy atom. The summed E-state index contributed by atoms with van der Waals surface area (Å²) in [7, 11) is 0. The fraction of sp³-hybridized carbons (Fsp3) is 1.00. The monoisotopic (exact) mass is 183 g/mol. The molecule has 0 spiro atoms. The van der Waals surface area contributed by atoms with Gasteiger partial charge in [-0.1, -0.05) is 33.6 Å². The van der Waals surface area contributed by atoms with Gasteiger partial charge in [-0.25, -0.2) is 0 Å². The fourth-order valence-electron chi connectivity index (χ4n) is 2.26. The molecule has 1 aliphatic rings. The molecule has 1 heteroatoms. The summed E-state index contributed by atoms with van der Waals surface area (Å²) in [5.74, 6) is 0.932. The molecule has 1 fully saturated rings. The highest BCUT2D eigenvalue weighted by Crippen LogP contribution is 2.52. The Kier molecular flexibility index (Phi) is 4.24. The minimum Gasteiger partial charge on any atom is -0.316 e. The van der Waals surface area contributed by atoms with Crippen molar-refractivity contribution >= 4 is 0 Å². The van der Waals surface area contributed by atoms with Crippen molar-refractivity contribution in [2.24, 2.45) is 11.3 Å². The second-order valence-electron chi connectivity index (χ2n) is 4.73. The molecule has 78 valence electrons. The molecule has 1 nitrogen and oxygen atoms in total. The Balaban J connectivity index is 2.21. The Bertz CT molecular complexity index is 138. The molecule has 1 rings (SSSR count). The third kappa shape index (κ3) is 2.98. The van der Waals surface area contributed by atoms with Gasteiger partial charge in [0.25, 0.3) is 0 Å². The van der Waals surface area contributed by atoms with Gasteiger partial charge in [0.05, 0.1) is 0 Å². The van der Waals surface area contributed by atoms with E-state index in [-0.39, 0.29) is 0 Å². The van der Waals surface area contributed by atoms with E-state index in [1.54, 1.807) is 0 Å². The van der Waals surface area contributed by atoms with Crippen LogP contribution in [-0.4, -0.2) is 13.1 Å². The molecule has 0 aromatic carbocycles. The number of nitrogens with one attached hydrogen (secondary N) is 1. The zero-order valence-corrected chi connectivity index (χ0v) is 9.53. The van der Waals surface area contributed by atoms with Crippen molar-refractivity contribution in [3.8, 4) is 0 Å². The summed E-state index contributed by atoms with van der Waals surface area (Å²) < 4.78 is 0. The Morgan fingerprint density at radius 1 is 1.23 bits per heavy atom. The van der Waals surface area contributed by atoms with Crippen molar-refractivity contribution in [2.45, 2.75) is 52.9 Å². The van der Waals surface area contributed by atoms with Gasteiger partial charge in [0.15, 0.2) is 0 Å². The van der Waals surface area contributed by atoms with Crippen molar-refractivity contribution in [3.05, 3.63) is 0 Å². The van der Waals surface area contributed by atoms with Crippen molar-refractivity contribution in [1.82, 2.24) is 5.32 Å². The molecule has 0 bridgehead atoms. The first-order valence-electron chi connectivity index (χ1n) is 5.96. The van der Waals surface area contributed by atoms with Crippen LogP contribution in [0.2, 0.25) is 0 Å². The molecule has 0 aromatic rings. The minimum absolute atomic E-state index is 0.700. The first kappa shape index (κ1) is 11.0. The highest BCUT2D eigenvalue weighted by Gasteiger charge is 2.45. The summed E-state index contributed by atoms with van der Waals surface area (Å²) in [6.07, 6.45) is 6.94. The van der Waals surface area contributed by atoms with Crippen molar-refractivity contribution in [2.75, 3.05) is 13.1 Å². The molecule has 1 saturated carbocycles. The van der Waals surface area contributed by atoms with Crippen LogP contribution in [0.5, 0.6) is 0 Å². The summed E-state index contributed by atoms with van der Waals surface area (Å²) in [6, 6.07) is 0. The maximum atomic E-state index is 3.58. The predicted molar refractivity (Wildman–Crippen MR) is 58.9 cm³/mol. The van der Waals surface area contributed by atoms with Gasteiger partial charge in [-0.3, -0.25) is 0 Å². The van der Waals surface area contributed by atoms with Gasteiger partial charge in [-0.2, -0.15) is 0 Å². The van der Waals surface area contributed by atoms with Gasteiger partial charge in [-0.15, -0.1) is 0 Å². The average Bonchev–Trinajstić information content (AvgIpc) is 2.87. The molecule has 0 heterocycles. The van der Waals surface area contributed by atoms with Crippen molar-refractivity contribution in [1.29, 1.82) is 0 Å². The summed E-state index contributed by atoms with van der Waals surface area (Å²) in [4.78, 5) is 0. The molecule has 0 radical (unpaired) electrons. The van der Waals surface area contributed by atoms with Crippen LogP contribution in [0, 0.1) is 11.3 Å². The normalized spacial score (nSPS) is 21.5. The van der Waals surface area contributed by atoms with Crippen molar-refractivity contribution in [3.63, 3.8) is 0 Å². The molecule has 1 N–H and O–H groups in total. The molecule has 1 unspecified atom stereocenters. The molecule has 0 aliphatic heterocycles. The standard InChI is InChI=1S/C12H25N/c1-4-6-11(3)12(7-8-12)10-13-9-5-2/h11,13H,4-10H2,1-3H3. The molecule has 13 heavy (non-hydrogen) atoms. The van der Waals surface area contributed by atoms with Crippen molar-refractivity contribution < 1.29 is 0 Å². The van der Waals surface area contributed by atoms with Gasteiger partial charge in [0, 0.05) is 6.54 Å². The smallest absolute Gasteiger partial charge is 0.00104 e. The van der Waals surface area contributed by atoms with E-state index in [4.69, 9.17) is 0 Å². The summed E-state index contributed by atoms with van der Waals surface area (Å²) in [5.41, 5.74) is 0.700. The molecule has 1 atom stereocenters. The lowest BCUT2D eigenvalue weighted by molar-refractivity contribution is 0.297. The van der Waals surface area contributed by atoms with Crippen LogP contribution in [0.4, 0.5) is 0 Å². The molecular formula is C12H25N. The van der Waals surface area contributed by atoms with Crippen LogP contribution in [-0.2, 0) is 0 Å². The van der Waals surface area contributed by atoms with E-state index in [0.717, 1.165) is 5.92 Å². The quantitative estimate of drug-likeness (QED) is 0.598. The number of rotatable bonds is 7. The first-order valence-corrected chi connectivity index (χ1v) is 5.96. The lowest BCUT2D eigenvalue weighted by Crippen LogP contribution is -2.29. The van der Waals surface area contributed by atoms with E-state index in [1.165, 1.54) is 45.2 Å². The average molecular weight is 183 g/mol. The summed E-state index contributed by atoms with van der Waals surface area (Å²) in [6.45, 7) is 9.43. The molecular weight excluding hydrogens is 158 g/mol. The van der Waals surface area contributed by atoms with E-state index in [9.17, 15) is 0 Å². The van der Waals surface area contributed by atoms with Crippen LogP contribution < -0.4 is 5.32 Å². The zero-order valence-electron chi connectivity index (χ0n) is 9.53. The maximum Gasteiger partial charge on any atom is 0.00104 e. The van der Waals surface area contributed by atoms with E-state index in [2.05, 4.69) is 26.1 Å². The van der Waals surface area contributed by atoms with Crippen LogP contribution in [0.25, 0.3) is 0 Å². The van der Waals surface area contributed by atoms with E-state index >= 15 is 0 Å². The minimum atomic E-state index is 0.700. The molecule has 0 saturated heterocycles. The van der Waals surface area contributed by atoms with Crippen LogP contribution in [0.3, 0.4) is 0 Å². The molecule has 1 aliphatic carbocycles. The van der Waals surface area contributed by atoms with Gasteiger partial charge >= 0.3 is 0 Å². The zero-order chi connectivity index (χ0) is 9.73. The second-order valence-corrected chi connectivity index (χ2v) is 4.73. The molecule has 0 amide bonds. The highest BCUT2D eigenvalue weighted by atomic mass is 14.9. The fourth-order valence-corrected chi connectivity index (χ4v) is 2.26. The first-order chi connectivity index (χ1) is 6.25. The van der Waals surface area contributed by atoms with E-state index < -0.39 is 0 Å². The van der Waals surface area contributed by atoms with Crippen LogP contribution in [0.1, 0.15) is 52.9 Å². The van der Waals surface area contributed by atoms with Crippen LogP contribution in [0.15, 0.2) is 0 Å². The van der Waals surface area contributed by atoms with E-state index in [1.807, 2.05) is 0 Å². The van der Waals surface area contributed by atoms with E-state index in [0.29, 0.717) is 5.41 Å². The predicted octanol–water partition coefficient (Wildman–Crippen LogP) is 3.20. The van der Waals surface area contributed by atoms with Gasteiger partial charge < -0.3 is 5.32 Å². The van der Waals surface area contributed by atoms with Gasteiger partial charge in [0.1, 0.15) is 0 Å². The number of hydrogen-bond acceptors (Lipinski definition) is 1. The highest BCUT2D eigenvalue weighted by molar-refractivity contribution is 4.98. The third-order valence-electron chi connectivity index (χ3n) is 3.56. The Morgan fingerprint density at radius 2 is 1.92 bits per heavy atom. The lowest BCUT2D eigenvalue weighted by atomic mass is 9.87. The Hall–Kier alpha value is -0.0400. The summed E-state index contributed by atoms with van der Waals surface area (Å²) >= 11 is 0. The van der Waals surface area contributed by atoms with Crippen LogP contribution >= 0.6 is 0 Å². The second kappa shape index (κ2) is 4.99. The SMILES string of the molecule is CCCNCC1(C(C)CCC)CC1. The lowest BCUT2D eigenvalue weighted by Gasteiger charge is -2.23. The number of hydrogen-bond donors (Lipinski definition) is 1. The summed E-state index contributed by atoms with van der Waals surface area (Å²) in [5, 5.41) is 3.58. The largest absolute Gasteiger partial charge is 0.316 e. The van der Waals surface area contributed by atoms with Gasteiger partial charge in [-0.05, 0) is 37.1 Å². The Labute approximate surface area is 83.3 Å². The van der Waals surface area contributed by atoms with Gasteiger partial charge in [0.2, 0.25) is 0 Å². The topological polar surface area (TPSA) is 12.0 Å². The third-order valence-corrected chi connectivity index (χ3v) is 3.56. The molecule has 0 aromatic heterocycles. The maximum absolute atomic E-state index is 3.58.